The van der Waals surface area contributed by atoms with Gasteiger partial charge in [0.2, 0.25) is 0 Å². The highest BCUT2D eigenvalue weighted by Crippen LogP contribution is 2.32. The summed E-state index contributed by atoms with van der Waals surface area (Å²) in [4.78, 5) is 0. The van der Waals surface area contributed by atoms with E-state index in [1.807, 2.05) is 13.0 Å². The van der Waals surface area contributed by atoms with Gasteiger partial charge in [-0.05, 0) is 25.5 Å². The topological polar surface area (TPSA) is 18.5 Å². The lowest BCUT2D eigenvalue weighted by molar-refractivity contribution is -0.212. The summed E-state index contributed by atoms with van der Waals surface area (Å²) < 4.78 is 11.1. The van der Waals surface area contributed by atoms with Gasteiger partial charge >= 0.3 is 0 Å². The zero-order valence-corrected chi connectivity index (χ0v) is 9.89. The molecule has 4 heteroatoms. The van der Waals surface area contributed by atoms with Crippen molar-refractivity contribution in [1.82, 2.24) is 0 Å². The summed E-state index contributed by atoms with van der Waals surface area (Å²) in [5, 5.41) is 1.20. The molecule has 0 aromatic heterocycles. The Morgan fingerprint density at radius 3 is 2.80 bits per heavy atom. The Morgan fingerprint density at radius 2 is 2.13 bits per heavy atom. The molecule has 1 fully saturated rings. The van der Waals surface area contributed by atoms with E-state index in [-0.39, 0.29) is 12.4 Å². The van der Waals surface area contributed by atoms with Gasteiger partial charge in [-0.3, -0.25) is 0 Å². The highest BCUT2D eigenvalue weighted by atomic mass is 35.5. The highest BCUT2D eigenvalue weighted by Gasteiger charge is 2.23. The summed E-state index contributed by atoms with van der Waals surface area (Å²) in [6.45, 7) is 2.73. The molecule has 1 aliphatic heterocycles. The van der Waals surface area contributed by atoms with Crippen molar-refractivity contribution in [2.75, 3.05) is 6.61 Å². The molecule has 1 heterocycles. The Morgan fingerprint density at radius 1 is 1.33 bits per heavy atom. The van der Waals surface area contributed by atoms with Gasteiger partial charge in [0.05, 0.1) is 17.7 Å². The fourth-order valence-corrected chi connectivity index (χ4v) is 2.01. The van der Waals surface area contributed by atoms with E-state index in [1.165, 1.54) is 0 Å². The van der Waals surface area contributed by atoms with E-state index in [9.17, 15) is 0 Å². The lowest BCUT2D eigenvalue weighted by Crippen LogP contribution is -2.24. The molecule has 0 N–H and O–H groups in total. The molecule has 2 nitrogen and oxygen atoms in total. The Hall–Kier alpha value is -0.280. The van der Waals surface area contributed by atoms with E-state index >= 15 is 0 Å². The second-order valence-electron chi connectivity index (χ2n) is 3.60. The molecule has 0 saturated carbocycles. The van der Waals surface area contributed by atoms with Gasteiger partial charge in [-0.15, -0.1) is 0 Å². The van der Waals surface area contributed by atoms with Gasteiger partial charge in [-0.25, -0.2) is 0 Å². The molecule has 82 valence electrons. The Labute approximate surface area is 99.1 Å². The zero-order chi connectivity index (χ0) is 10.8. The van der Waals surface area contributed by atoms with E-state index in [0.717, 1.165) is 12.0 Å². The second-order valence-corrected chi connectivity index (χ2v) is 4.45. The SMILES string of the molecule is C[C@H]1CCO[C@H](c2ccc(Cl)cc2Cl)O1. The van der Waals surface area contributed by atoms with Crippen molar-refractivity contribution in [3.63, 3.8) is 0 Å². The summed E-state index contributed by atoms with van der Waals surface area (Å²) in [7, 11) is 0. The summed E-state index contributed by atoms with van der Waals surface area (Å²) >= 11 is 11.9. The largest absolute Gasteiger partial charge is 0.348 e. The average molecular weight is 247 g/mol. The highest BCUT2D eigenvalue weighted by molar-refractivity contribution is 6.35. The maximum Gasteiger partial charge on any atom is 0.185 e. The number of rotatable bonds is 1. The molecular formula is C11H12Cl2O2. The first-order valence-corrected chi connectivity index (χ1v) is 5.64. The Kier molecular flexibility index (Phi) is 3.52. The average Bonchev–Trinajstić information content (AvgIpc) is 2.17. The molecule has 2 atom stereocenters. The van der Waals surface area contributed by atoms with Crippen LogP contribution in [0.2, 0.25) is 10.0 Å². The number of benzene rings is 1. The van der Waals surface area contributed by atoms with Gasteiger partial charge < -0.3 is 9.47 Å². The molecule has 2 rings (SSSR count). The van der Waals surface area contributed by atoms with Crippen LogP contribution < -0.4 is 0 Å². The quantitative estimate of drug-likeness (QED) is 0.751. The van der Waals surface area contributed by atoms with Crippen molar-refractivity contribution >= 4 is 23.2 Å². The van der Waals surface area contributed by atoms with Crippen LogP contribution in [0.5, 0.6) is 0 Å². The first-order valence-electron chi connectivity index (χ1n) is 4.89. The molecule has 0 amide bonds. The van der Waals surface area contributed by atoms with Gasteiger partial charge in [-0.1, -0.05) is 29.3 Å². The molecule has 0 unspecified atom stereocenters. The van der Waals surface area contributed by atoms with Crippen molar-refractivity contribution in [1.29, 1.82) is 0 Å². The third kappa shape index (κ3) is 2.64. The molecule has 0 aliphatic carbocycles. The molecule has 1 aromatic rings. The van der Waals surface area contributed by atoms with Crippen LogP contribution in [0.25, 0.3) is 0 Å². The van der Waals surface area contributed by atoms with Crippen LogP contribution in [0.15, 0.2) is 18.2 Å². The normalized spacial score (nSPS) is 26.6. The summed E-state index contributed by atoms with van der Waals surface area (Å²) in [5.41, 5.74) is 0.840. The van der Waals surface area contributed by atoms with Crippen molar-refractivity contribution < 1.29 is 9.47 Å². The van der Waals surface area contributed by atoms with E-state index in [2.05, 4.69) is 0 Å². The predicted molar refractivity (Wildman–Crippen MR) is 60.3 cm³/mol. The van der Waals surface area contributed by atoms with Crippen LogP contribution in [0.4, 0.5) is 0 Å². The fraction of sp³-hybridized carbons (Fsp3) is 0.455. The third-order valence-electron chi connectivity index (χ3n) is 2.37. The Balaban J connectivity index is 2.21. The van der Waals surface area contributed by atoms with E-state index in [0.29, 0.717) is 16.7 Å². The van der Waals surface area contributed by atoms with Crippen LogP contribution in [0, 0.1) is 0 Å². The summed E-state index contributed by atoms with van der Waals surface area (Å²) in [6.07, 6.45) is 0.760. The number of ether oxygens (including phenoxy) is 2. The molecular weight excluding hydrogens is 235 g/mol. The molecule has 0 radical (unpaired) electrons. The smallest absolute Gasteiger partial charge is 0.185 e. The van der Waals surface area contributed by atoms with Crippen molar-refractivity contribution in [3.05, 3.63) is 33.8 Å². The molecule has 15 heavy (non-hydrogen) atoms. The molecule has 1 saturated heterocycles. The number of halogens is 2. The molecule has 1 aliphatic rings. The second kappa shape index (κ2) is 4.71. The maximum absolute atomic E-state index is 6.07. The summed E-state index contributed by atoms with van der Waals surface area (Å²) in [5.74, 6) is 0. The van der Waals surface area contributed by atoms with Crippen LogP contribution in [-0.4, -0.2) is 12.7 Å². The van der Waals surface area contributed by atoms with Crippen molar-refractivity contribution in [2.45, 2.75) is 25.7 Å². The van der Waals surface area contributed by atoms with Gasteiger partial charge in [0, 0.05) is 10.6 Å². The van der Waals surface area contributed by atoms with Crippen molar-refractivity contribution in [2.24, 2.45) is 0 Å². The van der Waals surface area contributed by atoms with E-state index in [1.54, 1.807) is 12.1 Å². The zero-order valence-electron chi connectivity index (χ0n) is 8.37. The fourth-order valence-electron chi connectivity index (χ4n) is 1.52. The minimum absolute atomic E-state index is 0.204. The number of hydrogen-bond donors (Lipinski definition) is 0. The van der Waals surface area contributed by atoms with Gasteiger partial charge in [0.25, 0.3) is 0 Å². The third-order valence-corrected chi connectivity index (χ3v) is 2.93. The monoisotopic (exact) mass is 246 g/mol. The lowest BCUT2D eigenvalue weighted by atomic mass is 10.2. The first-order chi connectivity index (χ1) is 7.16. The number of hydrogen-bond acceptors (Lipinski definition) is 2. The standard InChI is InChI=1S/C11H12Cl2O2/c1-7-4-5-14-11(15-7)9-3-2-8(12)6-10(9)13/h2-3,6-7,11H,4-5H2,1H3/t7-,11-/m0/s1. The van der Waals surface area contributed by atoms with Crippen LogP contribution >= 0.6 is 23.2 Å². The van der Waals surface area contributed by atoms with E-state index in [4.69, 9.17) is 32.7 Å². The van der Waals surface area contributed by atoms with Gasteiger partial charge in [-0.2, -0.15) is 0 Å². The van der Waals surface area contributed by atoms with E-state index < -0.39 is 0 Å². The van der Waals surface area contributed by atoms with Gasteiger partial charge in [0.15, 0.2) is 6.29 Å². The molecule has 0 spiro atoms. The van der Waals surface area contributed by atoms with Crippen LogP contribution in [0.3, 0.4) is 0 Å². The minimum atomic E-state index is -0.362. The minimum Gasteiger partial charge on any atom is -0.348 e. The van der Waals surface area contributed by atoms with Crippen molar-refractivity contribution in [3.8, 4) is 0 Å². The van der Waals surface area contributed by atoms with Crippen LogP contribution in [0.1, 0.15) is 25.2 Å². The Bertz CT molecular complexity index is 354. The first kappa shape index (κ1) is 11.2. The van der Waals surface area contributed by atoms with Crippen LogP contribution in [-0.2, 0) is 9.47 Å². The summed E-state index contributed by atoms with van der Waals surface area (Å²) in [6, 6.07) is 5.33. The lowest BCUT2D eigenvalue weighted by Gasteiger charge is -2.28. The predicted octanol–water partition coefficient (Wildman–Crippen LogP) is 3.82. The molecule has 1 aromatic carbocycles. The van der Waals surface area contributed by atoms with Gasteiger partial charge in [0.1, 0.15) is 0 Å². The molecule has 0 bridgehead atoms. The maximum atomic E-state index is 6.07.